The summed E-state index contributed by atoms with van der Waals surface area (Å²) in [6.07, 6.45) is 2.62. The fourth-order valence-corrected chi connectivity index (χ4v) is 2.20. The molecular weight excluding hydrogens is 320 g/mol. The number of halogens is 1. The third-order valence-corrected chi connectivity index (χ3v) is 3.56. The topological polar surface area (TPSA) is 77.4 Å². The van der Waals surface area contributed by atoms with Gasteiger partial charge in [-0.25, -0.2) is 4.79 Å². The van der Waals surface area contributed by atoms with Crippen LogP contribution in [0, 0.1) is 0 Å². The minimum absolute atomic E-state index is 0.161. The van der Waals surface area contributed by atoms with Crippen LogP contribution in [0.2, 0.25) is 5.02 Å². The van der Waals surface area contributed by atoms with Gasteiger partial charge in [0.05, 0.1) is 29.1 Å². The van der Waals surface area contributed by atoms with Crippen molar-refractivity contribution in [2.75, 3.05) is 12.4 Å². The maximum absolute atomic E-state index is 12.0. The van der Waals surface area contributed by atoms with Crippen LogP contribution in [0.1, 0.15) is 27.3 Å². The number of amides is 1. The van der Waals surface area contributed by atoms with E-state index in [0.29, 0.717) is 28.5 Å². The molecule has 1 aromatic carbocycles. The van der Waals surface area contributed by atoms with E-state index >= 15 is 0 Å². The molecule has 0 aliphatic heterocycles. The van der Waals surface area contributed by atoms with Crippen LogP contribution in [-0.4, -0.2) is 29.8 Å². The fourth-order valence-electron chi connectivity index (χ4n) is 2.04. The second kappa shape index (κ2) is 7.60. The van der Waals surface area contributed by atoms with E-state index in [1.807, 2.05) is 0 Å². The number of aldehydes is 1. The molecular formula is C16H15ClN2O4. The van der Waals surface area contributed by atoms with Crippen LogP contribution in [-0.2, 0) is 16.1 Å². The number of methoxy groups -OCH3 is 1. The Balaban J connectivity index is 2.02. The first-order chi connectivity index (χ1) is 11.0. The maximum atomic E-state index is 12.0. The van der Waals surface area contributed by atoms with E-state index in [-0.39, 0.29) is 12.3 Å². The Bertz CT molecular complexity index is 739. The molecule has 0 unspecified atom stereocenters. The van der Waals surface area contributed by atoms with Crippen molar-refractivity contribution in [1.82, 2.24) is 4.57 Å². The van der Waals surface area contributed by atoms with Gasteiger partial charge in [0.1, 0.15) is 0 Å². The normalized spacial score (nSPS) is 10.2. The highest BCUT2D eigenvalue weighted by molar-refractivity contribution is 6.33. The number of ether oxygens (including phenoxy) is 1. The fraction of sp³-hybridized carbons (Fsp3) is 0.188. The zero-order valence-electron chi connectivity index (χ0n) is 12.4. The zero-order chi connectivity index (χ0) is 16.8. The molecule has 0 fully saturated rings. The van der Waals surface area contributed by atoms with Gasteiger partial charge in [-0.15, -0.1) is 0 Å². The second-order valence-electron chi connectivity index (χ2n) is 4.73. The number of nitrogens with one attached hydrogen (secondary N) is 1. The number of aryl methyl sites for hydroxylation is 1. The van der Waals surface area contributed by atoms with Crippen molar-refractivity contribution in [3.05, 3.63) is 52.8 Å². The third kappa shape index (κ3) is 4.20. The van der Waals surface area contributed by atoms with E-state index in [1.165, 1.54) is 25.3 Å². The summed E-state index contributed by atoms with van der Waals surface area (Å²) >= 11 is 6.02. The van der Waals surface area contributed by atoms with E-state index in [1.54, 1.807) is 22.9 Å². The minimum atomic E-state index is -0.514. The average molecular weight is 335 g/mol. The van der Waals surface area contributed by atoms with Crippen LogP contribution in [0.5, 0.6) is 0 Å². The molecule has 1 N–H and O–H groups in total. The number of anilines is 1. The van der Waals surface area contributed by atoms with E-state index in [0.717, 1.165) is 6.29 Å². The van der Waals surface area contributed by atoms with Gasteiger partial charge >= 0.3 is 5.97 Å². The molecule has 120 valence electrons. The molecule has 1 amide bonds. The van der Waals surface area contributed by atoms with Gasteiger partial charge in [0.2, 0.25) is 5.91 Å². The number of nitrogens with zero attached hydrogens (tertiary/aromatic N) is 1. The molecule has 2 aromatic rings. The summed E-state index contributed by atoms with van der Waals surface area (Å²) in [5.41, 5.74) is 1.13. The maximum Gasteiger partial charge on any atom is 0.337 e. The Morgan fingerprint density at radius 3 is 2.83 bits per heavy atom. The number of esters is 1. The Morgan fingerprint density at radius 1 is 1.35 bits per heavy atom. The largest absolute Gasteiger partial charge is 0.465 e. The highest BCUT2D eigenvalue weighted by Crippen LogP contribution is 2.23. The molecule has 0 bridgehead atoms. The predicted molar refractivity (Wildman–Crippen MR) is 85.9 cm³/mol. The van der Waals surface area contributed by atoms with Gasteiger partial charge in [0.25, 0.3) is 0 Å². The Labute approximate surface area is 138 Å². The van der Waals surface area contributed by atoms with Crippen molar-refractivity contribution < 1.29 is 19.1 Å². The predicted octanol–water partition coefficient (Wildman–Crippen LogP) is 2.77. The van der Waals surface area contributed by atoms with E-state index in [9.17, 15) is 14.4 Å². The molecule has 7 heteroatoms. The van der Waals surface area contributed by atoms with Crippen LogP contribution >= 0.6 is 11.6 Å². The first kappa shape index (κ1) is 16.8. The lowest BCUT2D eigenvalue weighted by Crippen LogP contribution is -2.15. The first-order valence-electron chi connectivity index (χ1n) is 6.83. The zero-order valence-corrected chi connectivity index (χ0v) is 13.2. The molecule has 1 aromatic heterocycles. The molecule has 0 saturated heterocycles. The summed E-state index contributed by atoms with van der Waals surface area (Å²) in [4.78, 5) is 34.3. The van der Waals surface area contributed by atoms with Gasteiger partial charge in [-0.3, -0.25) is 9.59 Å². The Morgan fingerprint density at radius 2 is 2.13 bits per heavy atom. The van der Waals surface area contributed by atoms with Crippen LogP contribution in [0.25, 0.3) is 0 Å². The molecule has 0 spiro atoms. The standard InChI is InChI=1S/C16H15ClN2O4/c1-23-16(22)11-4-5-13(17)14(9-11)18-15(21)6-8-19-7-2-3-12(19)10-20/h2-5,7,9-10H,6,8H2,1H3,(H,18,21). The van der Waals surface area contributed by atoms with Gasteiger partial charge in [-0.2, -0.15) is 0 Å². The number of hydrogen-bond donors (Lipinski definition) is 1. The van der Waals surface area contributed by atoms with Crippen LogP contribution in [0.3, 0.4) is 0 Å². The van der Waals surface area contributed by atoms with Gasteiger partial charge in [0.15, 0.2) is 6.29 Å². The van der Waals surface area contributed by atoms with Crippen molar-refractivity contribution >= 4 is 35.5 Å². The van der Waals surface area contributed by atoms with Gasteiger partial charge in [0, 0.05) is 19.2 Å². The smallest absolute Gasteiger partial charge is 0.337 e. The van der Waals surface area contributed by atoms with Crippen LogP contribution in [0.15, 0.2) is 36.5 Å². The number of carbonyl (C=O) groups is 3. The summed E-state index contributed by atoms with van der Waals surface area (Å²) < 4.78 is 6.31. The molecule has 0 aliphatic rings. The summed E-state index contributed by atoms with van der Waals surface area (Å²) in [6, 6.07) is 7.89. The van der Waals surface area contributed by atoms with Crippen molar-refractivity contribution in [2.45, 2.75) is 13.0 Å². The number of aromatic nitrogens is 1. The molecule has 1 heterocycles. The Hall–Kier alpha value is -2.60. The molecule has 0 aliphatic carbocycles. The lowest BCUT2D eigenvalue weighted by molar-refractivity contribution is -0.116. The molecule has 0 radical (unpaired) electrons. The SMILES string of the molecule is COC(=O)c1ccc(Cl)c(NC(=O)CCn2cccc2C=O)c1. The number of hydrogen-bond acceptors (Lipinski definition) is 4. The first-order valence-corrected chi connectivity index (χ1v) is 7.21. The summed E-state index contributed by atoms with van der Waals surface area (Å²) in [5.74, 6) is -0.792. The highest BCUT2D eigenvalue weighted by Gasteiger charge is 2.11. The van der Waals surface area contributed by atoms with Crippen LogP contribution < -0.4 is 5.32 Å². The van der Waals surface area contributed by atoms with Crippen molar-refractivity contribution in [3.63, 3.8) is 0 Å². The summed E-state index contributed by atoms with van der Waals surface area (Å²) in [7, 11) is 1.27. The van der Waals surface area contributed by atoms with E-state index < -0.39 is 5.97 Å². The van der Waals surface area contributed by atoms with E-state index in [2.05, 4.69) is 10.1 Å². The number of benzene rings is 1. The van der Waals surface area contributed by atoms with Crippen molar-refractivity contribution in [3.8, 4) is 0 Å². The summed E-state index contributed by atoms with van der Waals surface area (Å²) in [5, 5.41) is 2.97. The molecule has 2 rings (SSSR count). The summed E-state index contributed by atoms with van der Waals surface area (Å²) in [6.45, 7) is 0.362. The highest BCUT2D eigenvalue weighted by atomic mass is 35.5. The molecule has 0 saturated carbocycles. The quantitative estimate of drug-likeness (QED) is 0.651. The Kier molecular flexibility index (Phi) is 5.54. The monoisotopic (exact) mass is 334 g/mol. The number of rotatable bonds is 6. The van der Waals surface area contributed by atoms with E-state index in [4.69, 9.17) is 11.6 Å². The lowest BCUT2D eigenvalue weighted by atomic mass is 10.2. The van der Waals surface area contributed by atoms with Crippen molar-refractivity contribution in [1.29, 1.82) is 0 Å². The van der Waals surface area contributed by atoms with Gasteiger partial charge in [-0.1, -0.05) is 11.6 Å². The molecule has 23 heavy (non-hydrogen) atoms. The molecule has 6 nitrogen and oxygen atoms in total. The average Bonchev–Trinajstić information content (AvgIpc) is 3.01. The van der Waals surface area contributed by atoms with Crippen LogP contribution in [0.4, 0.5) is 5.69 Å². The van der Waals surface area contributed by atoms with Gasteiger partial charge < -0.3 is 14.6 Å². The van der Waals surface area contributed by atoms with Crippen molar-refractivity contribution in [2.24, 2.45) is 0 Å². The lowest BCUT2D eigenvalue weighted by Gasteiger charge is -2.10. The number of carbonyl (C=O) groups excluding carboxylic acids is 3. The second-order valence-corrected chi connectivity index (χ2v) is 5.14. The van der Waals surface area contributed by atoms with Gasteiger partial charge in [-0.05, 0) is 30.3 Å². The molecule has 0 atom stereocenters. The minimum Gasteiger partial charge on any atom is -0.465 e. The third-order valence-electron chi connectivity index (χ3n) is 3.23.